The molecule has 0 unspecified atom stereocenters. The van der Waals surface area contributed by atoms with Gasteiger partial charge in [-0.1, -0.05) is 40.2 Å². The zero-order valence-electron chi connectivity index (χ0n) is 14.1. The average Bonchev–Trinajstić information content (AvgIpc) is 2.57. The number of carbonyl (C=O) groups excluding carboxylic acids is 2. The summed E-state index contributed by atoms with van der Waals surface area (Å²) in [5, 5.41) is 5.51. The molecule has 132 valence electrons. The lowest BCUT2D eigenvalue weighted by Gasteiger charge is -2.19. The average molecular weight is 406 g/mol. The van der Waals surface area contributed by atoms with Crippen molar-refractivity contribution >= 4 is 39.2 Å². The molecule has 0 bridgehead atoms. The van der Waals surface area contributed by atoms with Crippen molar-refractivity contribution in [2.75, 3.05) is 31.4 Å². The minimum atomic E-state index is -0.253. The third-order valence-electron chi connectivity index (χ3n) is 3.39. The van der Waals surface area contributed by atoms with E-state index in [2.05, 4.69) is 26.6 Å². The van der Waals surface area contributed by atoms with Crippen molar-refractivity contribution < 1.29 is 14.3 Å². The molecule has 0 fully saturated rings. The molecule has 2 N–H and O–H groups in total. The Balaban J connectivity index is 1.97. The first kappa shape index (κ1) is 19.0. The van der Waals surface area contributed by atoms with Gasteiger partial charge < -0.3 is 20.3 Å². The van der Waals surface area contributed by atoms with Gasteiger partial charge in [0.25, 0.3) is 0 Å². The van der Waals surface area contributed by atoms with E-state index in [4.69, 9.17) is 4.74 Å². The molecule has 2 rings (SSSR count). The molecule has 0 radical (unpaired) electrons. The highest BCUT2D eigenvalue weighted by molar-refractivity contribution is 9.10. The van der Waals surface area contributed by atoms with Gasteiger partial charge in [-0.25, -0.2) is 4.79 Å². The number of hydrogen-bond donors (Lipinski definition) is 2. The van der Waals surface area contributed by atoms with E-state index < -0.39 is 0 Å². The lowest BCUT2D eigenvalue weighted by molar-refractivity contribution is -0.119. The summed E-state index contributed by atoms with van der Waals surface area (Å²) in [6.45, 7) is 0.447. The van der Waals surface area contributed by atoms with Crippen LogP contribution >= 0.6 is 15.9 Å². The van der Waals surface area contributed by atoms with Crippen LogP contribution in [0.15, 0.2) is 53.0 Å². The monoisotopic (exact) mass is 405 g/mol. The highest BCUT2D eigenvalue weighted by Crippen LogP contribution is 2.19. The van der Waals surface area contributed by atoms with Crippen LogP contribution in [-0.2, 0) is 16.1 Å². The number of urea groups is 1. The Morgan fingerprint density at radius 2 is 1.76 bits per heavy atom. The second-order valence-electron chi connectivity index (χ2n) is 5.44. The summed E-state index contributed by atoms with van der Waals surface area (Å²) in [4.78, 5) is 25.5. The third kappa shape index (κ3) is 5.88. The molecule has 0 saturated heterocycles. The fourth-order valence-electron chi connectivity index (χ4n) is 2.18. The summed E-state index contributed by atoms with van der Waals surface area (Å²) in [5.74, 6) is -0.253. The first-order valence-electron chi connectivity index (χ1n) is 7.64. The number of anilines is 2. The fourth-order valence-corrected chi connectivity index (χ4v) is 2.59. The fraction of sp³-hybridized carbons (Fsp3) is 0.222. The maximum Gasteiger partial charge on any atom is 0.321 e. The van der Waals surface area contributed by atoms with Gasteiger partial charge in [0.05, 0.1) is 0 Å². The molecule has 6 nitrogen and oxygen atoms in total. The van der Waals surface area contributed by atoms with E-state index in [1.165, 1.54) is 7.11 Å². The number of carbonyl (C=O) groups is 2. The standard InChI is InChI=1S/C18H20BrN3O3/c1-22(11-13-6-3-4-9-16(13)19)18(24)21-15-8-5-7-14(10-15)20-17(23)12-25-2/h3-10H,11-12H2,1-2H3,(H,20,23)(H,21,24). The largest absolute Gasteiger partial charge is 0.375 e. The van der Waals surface area contributed by atoms with Crippen LogP contribution in [0.2, 0.25) is 0 Å². The second kappa shape index (κ2) is 9.19. The molecule has 25 heavy (non-hydrogen) atoms. The maximum absolute atomic E-state index is 12.4. The Bertz CT molecular complexity index is 752. The van der Waals surface area contributed by atoms with Crippen LogP contribution in [0.1, 0.15) is 5.56 Å². The van der Waals surface area contributed by atoms with Crippen LogP contribution in [-0.4, -0.2) is 37.6 Å². The van der Waals surface area contributed by atoms with E-state index in [1.807, 2.05) is 24.3 Å². The van der Waals surface area contributed by atoms with Gasteiger partial charge in [0.2, 0.25) is 5.91 Å². The Morgan fingerprint density at radius 1 is 1.08 bits per heavy atom. The Kier molecular flexibility index (Phi) is 6.97. The molecule has 3 amide bonds. The summed E-state index contributed by atoms with van der Waals surface area (Å²) >= 11 is 3.48. The number of ether oxygens (including phenoxy) is 1. The quantitative estimate of drug-likeness (QED) is 0.769. The molecule has 0 spiro atoms. The number of methoxy groups -OCH3 is 1. The van der Waals surface area contributed by atoms with Gasteiger partial charge in [0.15, 0.2) is 0 Å². The van der Waals surface area contributed by atoms with E-state index in [0.717, 1.165) is 10.0 Å². The maximum atomic E-state index is 12.4. The molecule has 0 aromatic heterocycles. The second-order valence-corrected chi connectivity index (χ2v) is 6.29. The van der Waals surface area contributed by atoms with Gasteiger partial charge >= 0.3 is 6.03 Å². The Hall–Kier alpha value is -2.38. The molecule has 7 heteroatoms. The van der Waals surface area contributed by atoms with Crippen LogP contribution in [0.25, 0.3) is 0 Å². The summed E-state index contributed by atoms with van der Waals surface area (Å²) in [7, 11) is 3.18. The van der Waals surface area contributed by atoms with Crippen molar-refractivity contribution in [2.24, 2.45) is 0 Å². The van der Waals surface area contributed by atoms with Crippen LogP contribution in [0.5, 0.6) is 0 Å². The minimum Gasteiger partial charge on any atom is -0.375 e. The van der Waals surface area contributed by atoms with Crippen LogP contribution in [0, 0.1) is 0 Å². The van der Waals surface area contributed by atoms with Crippen molar-refractivity contribution in [2.45, 2.75) is 6.54 Å². The predicted octanol–water partition coefficient (Wildman–Crippen LogP) is 3.70. The van der Waals surface area contributed by atoms with Gasteiger partial charge in [-0.2, -0.15) is 0 Å². The minimum absolute atomic E-state index is 0.0225. The van der Waals surface area contributed by atoms with Crippen molar-refractivity contribution in [3.8, 4) is 0 Å². The first-order chi connectivity index (χ1) is 12.0. The highest BCUT2D eigenvalue weighted by atomic mass is 79.9. The first-order valence-corrected chi connectivity index (χ1v) is 8.43. The van der Waals surface area contributed by atoms with Crippen LogP contribution in [0.3, 0.4) is 0 Å². The number of halogens is 1. The van der Waals surface area contributed by atoms with E-state index in [1.54, 1.807) is 36.2 Å². The molecular formula is C18H20BrN3O3. The van der Waals surface area contributed by atoms with Gasteiger partial charge in [-0.05, 0) is 29.8 Å². The Labute approximate surface area is 155 Å². The summed E-state index contributed by atoms with van der Waals surface area (Å²) in [6, 6.07) is 14.5. The van der Waals surface area contributed by atoms with Crippen molar-refractivity contribution in [3.63, 3.8) is 0 Å². The Morgan fingerprint density at radius 3 is 2.44 bits per heavy atom. The zero-order chi connectivity index (χ0) is 18.2. The molecule has 2 aromatic carbocycles. The summed E-state index contributed by atoms with van der Waals surface area (Å²) in [6.07, 6.45) is 0. The normalized spacial score (nSPS) is 10.2. The summed E-state index contributed by atoms with van der Waals surface area (Å²) < 4.78 is 5.73. The van der Waals surface area contributed by atoms with Crippen LogP contribution in [0.4, 0.5) is 16.2 Å². The number of rotatable bonds is 6. The van der Waals surface area contributed by atoms with Crippen LogP contribution < -0.4 is 10.6 Å². The zero-order valence-corrected chi connectivity index (χ0v) is 15.7. The van der Waals surface area contributed by atoms with E-state index in [-0.39, 0.29) is 18.5 Å². The topological polar surface area (TPSA) is 70.7 Å². The SMILES string of the molecule is COCC(=O)Nc1cccc(NC(=O)N(C)Cc2ccccc2Br)c1. The van der Waals surface area contributed by atoms with Gasteiger partial charge in [0.1, 0.15) is 6.61 Å². The number of amides is 3. The van der Waals surface area contributed by atoms with Gasteiger partial charge in [0, 0.05) is 36.5 Å². The number of hydrogen-bond acceptors (Lipinski definition) is 3. The number of benzene rings is 2. The summed E-state index contributed by atoms with van der Waals surface area (Å²) in [5.41, 5.74) is 2.20. The van der Waals surface area contributed by atoms with E-state index >= 15 is 0 Å². The molecule has 0 aliphatic heterocycles. The molecule has 0 aliphatic rings. The molecule has 2 aromatic rings. The van der Waals surface area contributed by atoms with Crippen molar-refractivity contribution in [1.82, 2.24) is 4.90 Å². The third-order valence-corrected chi connectivity index (χ3v) is 4.16. The molecule has 0 aliphatic carbocycles. The molecule has 0 saturated carbocycles. The predicted molar refractivity (Wildman–Crippen MR) is 102 cm³/mol. The van der Waals surface area contributed by atoms with Gasteiger partial charge in [-0.3, -0.25) is 4.79 Å². The number of nitrogens with zero attached hydrogens (tertiary/aromatic N) is 1. The molecule has 0 atom stereocenters. The smallest absolute Gasteiger partial charge is 0.321 e. The lowest BCUT2D eigenvalue weighted by atomic mass is 10.2. The van der Waals surface area contributed by atoms with Crippen molar-refractivity contribution in [3.05, 3.63) is 58.6 Å². The highest BCUT2D eigenvalue weighted by Gasteiger charge is 2.11. The number of nitrogens with one attached hydrogen (secondary N) is 2. The lowest BCUT2D eigenvalue weighted by Crippen LogP contribution is -2.31. The van der Waals surface area contributed by atoms with E-state index in [9.17, 15) is 9.59 Å². The molecular weight excluding hydrogens is 386 g/mol. The molecule has 0 heterocycles. The van der Waals surface area contributed by atoms with E-state index in [0.29, 0.717) is 17.9 Å². The van der Waals surface area contributed by atoms with Gasteiger partial charge in [-0.15, -0.1) is 0 Å². The van der Waals surface area contributed by atoms with Crippen molar-refractivity contribution in [1.29, 1.82) is 0 Å².